The third-order valence-corrected chi connectivity index (χ3v) is 5.89. The van der Waals surface area contributed by atoms with Gasteiger partial charge in [0.1, 0.15) is 5.82 Å². The maximum absolute atomic E-state index is 4.66. The number of hydrogen-bond donors (Lipinski definition) is 2. The van der Waals surface area contributed by atoms with Gasteiger partial charge in [0.25, 0.3) is 0 Å². The fraction of sp³-hybridized carbons (Fsp3) is 0.417. The van der Waals surface area contributed by atoms with Crippen molar-refractivity contribution in [1.82, 2.24) is 25.1 Å². The molecule has 0 unspecified atom stereocenters. The van der Waals surface area contributed by atoms with E-state index in [9.17, 15) is 0 Å². The predicted molar refractivity (Wildman–Crippen MR) is 144 cm³/mol. The van der Waals surface area contributed by atoms with E-state index in [4.69, 9.17) is 0 Å². The molecule has 3 aromatic rings. The van der Waals surface area contributed by atoms with Crippen molar-refractivity contribution in [3.8, 4) is 0 Å². The van der Waals surface area contributed by atoms with Gasteiger partial charge in [-0.1, -0.05) is 24.3 Å². The lowest BCUT2D eigenvalue weighted by atomic mass is 10.2. The van der Waals surface area contributed by atoms with E-state index in [1.165, 1.54) is 16.5 Å². The second-order valence-electron chi connectivity index (χ2n) is 8.05. The number of fused-ring (bicyclic) bond motifs is 1. The number of aryl methyl sites for hydroxylation is 1. The van der Waals surface area contributed by atoms with Crippen molar-refractivity contribution in [2.45, 2.75) is 19.5 Å². The number of para-hydroxylation sites is 1. The quantitative estimate of drug-likeness (QED) is 0.206. The Morgan fingerprint density at radius 1 is 1.03 bits per heavy atom. The smallest absolute Gasteiger partial charge is 0.191 e. The number of piperazine rings is 1. The number of benzene rings is 1. The van der Waals surface area contributed by atoms with Crippen LogP contribution in [0.1, 0.15) is 12.0 Å². The first kappa shape index (κ1) is 24.3. The number of pyridine rings is 1. The van der Waals surface area contributed by atoms with E-state index in [1.54, 1.807) is 0 Å². The molecule has 0 aliphatic carbocycles. The first-order chi connectivity index (χ1) is 15.2. The summed E-state index contributed by atoms with van der Waals surface area (Å²) >= 11 is 0. The highest BCUT2D eigenvalue weighted by molar-refractivity contribution is 14.0. The van der Waals surface area contributed by atoms with Crippen LogP contribution in [0.2, 0.25) is 0 Å². The van der Waals surface area contributed by atoms with Gasteiger partial charge in [0.15, 0.2) is 5.96 Å². The van der Waals surface area contributed by atoms with Crippen LogP contribution >= 0.6 is 24.0 Å². The molecular weight excluding hydrogens is 513 g/mol. The number of likely N-dealkylation sites (N-methyl/N-ethyl adjacent to an activating group) is 1. The topological polar surface area (TPSA) is 60.7 Å². The zero-order valence-corrected chi connectivity index (χ0v) is 21.3. The standard InChI is InChI=1S/C24H33N7.HI/c1-25-24(27-12-6-13-30-14-10-20-7-3-4-9-22(20)30)28-19-21-8-5-11-26-23(21)31-17-15-29(2)16-18-31;/h3-5,7-11,14H,6,12-13,15-19H2,1-2H3,(H2,25,27,28);1H. The van der Waals surface area contributed by atoms with E-state index >= 15 is 0 Å². The molecule has 2 N–H and O–H groups in total. The van der Waals surface area contributed by atoms with Gasteiger partial charge in [-0.25, -0.2) is 4.98 Å². The predicted octanol–water partition coefficient (Wildman–Crippen LogP) is 3.16. The van der Waals surface area contributed by atoms with Crippen LogP contribution in [0.3, 0.4) is 0 Å². The zero-order chi connectivity index (χ0) is 21.5. The van der Waals surface area contributed by atoms with Gasteiger partial charge < -0.3 is 25.0 Å². The number of nitrogens with zero attached hydrogens (tertiary/aromatic N) is 5. The molecule has 2 aromatic heterocycles. The minimum absolute atomic E-state index is 0. The van der Waals surface area contributed by atoms with Crippen molar-refractivity contribution < 1.29 is 0 Å². The van der Waals surface area contributed by atoms with E-state index in [-0.39, 0.29) is 24.0 Å². The Hall–Kier alpha value is -2.33. The van der Waals surface area contributed by atoms with Crippen LogP contribution in [0.25, 0.3) is 10.9 Å². The van der Waals surface area contributed by atoms with E-state index in [1.807, 2.05) is 19.3 Å². The number of anilines is 1. The average molecular weight is 547 g/mol. The molecule has 172 valence electrons. The van der Waals surface area contributed by atoms with Crippen molar-refractivity contribution in [3.63, 3.8) is 0 Å². The monoisotopic (exact) mass is 547 g/mol. The number of rotatable bonds is 7. The van der Waals surface area contributed by atoms with Crippen molar-refractivity contribution in [3.05, 3.63) is 60.4 Å². The summed E-state index contributed by atoms with van der Waals surface area (Å²) in [7, 11) is 3.99. The average Bonchev–Trinajstić information content (AvgIpc) is 3.22. The first-order valence-electron chi connectivity index (χ1n) is 11.1. The van der Waals surface area contributed by atoms with E-state index in [0.29, 0.717) is 6.54 Å². The Morgan fingerprint density at radius 2 is 1.84 bits per heavy atom. The third kappa shape index (κ3) is 6.13. The molecule has 0 atom stereocenters. The number of aromatic nitrogens is 2. The van der Waals surface area contributed by atoms with Crippen molar-refractivity contribution in [2.24, 2.45) is 4.99 Å². The van der Waals surface area contributed by atoms with Gasteiger partial charge in [-0.2, -0.15) is 0 Å². The van der Waals surface area contributed by atoms with Gasteiger partial charge in [0.05, 0.1) is 0 Å². The summed E-state index contributed by atoms with van der Waals surface area (Å²) in [5.41, 5.74) is 2.49. The summed E-state index contributed by atoms with van der Waals surface area (Å²) in [6.07, 6.45) is 5.08. The molecular formula is C24H34IN7. The highest BCUT2D eigenvalue weighted by atomic mass is 127. The first-order valence-corrected chi connectivity index (χ1v) is 11.1. The normalized spacial score (nSPS) is 14.9. The van der Waals surface area contributed by atoms with Crippen LogP contribution in [-0.2, 0) is 13.1 Å². The van der Waals surface area contributed by atoms with E-state index in [0.717, 1.165) is 57.5 Å². The van der Waals surface area contributed by atoms with Crippen LogP contribution in [0, 0.1) is 0 Å². The SMILES string of the molecule is CN=C(NCCCn1ccc2ccccc21)NCc1cccnc1N1CCN(C)CC1.I. The Labute approximate surface area is 207 Å². The molecule has 1 aliphatic heterocycles. The third-order valence-electron chi connectivity index (χ3n) is 5.89. The summed E-state index contributed by atoms with van der Waals surface area (Å²) in [5.74, 6) is 1.91. The highest BCUT2D eigenvalue weighted by Gasteiger charge is 2.17. The molecule has 0 bridgehead atoms. The number of nitrogens with one attached hydrogen (secondary N) is 2. The Kier molecular flexibility index (Phi) is 9.16. The zero-order valence-electron chi connectivity index (χ0n) is 19.0. The number of aliphatic imine (C=N–C) groups is 1. The fourth-order valence-electron chi connectivity index (χ4n) is 4.06. The number of halogens is 1. The molecule has 1 fully saturated rings. The van der Waals surface area contributed by atoms with Crippen LogP contribution in [-0.4, -0.2) is 67.2 Å². The molecule has 1 saturated heterocycles. The van der Waals surface area contributed by atoms with Gasteiger partial charge in [0, 0.05) is 76.3 Å². The molecule has 0 saturated carbocycles. The Morgan fingerprint density at radius 3 is 2.66 bits per heavy atom. The van der Waals surface area contributed by atoms with Crippen molar-refractivity contribution in [2.75, 3.05) is 51.7 Å². The molecule has 8 heteroatoms. The molecule has 1 aliphatic rings. The van der Waals surface area contributed by atoms with Crippen molar-refractivity contribution in [1.29, 1.82) is 0 Å². The summed E-state index contributed by atoms with van der Waals surface area (Å²) in [5, 5.41) is 8.18. The molecule has 7 nitrogen and oxygen atoms in total. The fourth-order valence-corrected chi connectivity index (χ4v) is 4.06. The van der Waals surface area contributed by atoms with Crippen LogP contribution in [0.5, 0.6) is 0 Å². The van der Waals surface area contributed by atoms with Gasteiger partial charge in [0.2, 0.25) is 0 Å². The van der Waals surface area contributed by atoms with Crippen molar-refractivity contribution >= 4 is 46.7 Å². The highest BCUT2D eigenvalue weighted by Crippen LogP contribution is 2.18. The van der Waals surface area contributed by atoms with Gasteiger partial charge in [-0.05, 0) is 37.1 Å². The maximum atomic E-state index is 4.66. The second kappa shape index (κ2) is 12.1. The second-order valence-corrected chi connectivity index (χ2v) is 8.05. The molecule has 3 heterocycles. The number of guanidine groups is 1. The summed E-state index contributed by atoms with van der Waals surface area (Å²) in [6.45, 7) is 6.73. The molecule has 0 amide bonds. The lowest BCUT2D eigenvalue weighted by Crippen LogP contribution is -2.45. The van der Waals surface area contributed by atoms with Crippen LogP contribution in [0.4, 0.5) is 5.82 Å². The van der Waals surface area contributed by atoms with Crippen LogP contribution < -0.4 is 15.5 Å². The molecule has 1 aromatic carbocycles. The lowest BCUT2D eigenvalue weighted by molar-refractivity contribution is 0.312. The van der Waals surface area contributed by atoms with Gasteiger partial charge >= 0.3 is 0 Å². The Bertz CT molecular complexity index is 1010. The molecule has 32 heavy (non-hydrogen) atoms. The number of hydrogen-bond acceptors (Lipinski definition) is 4. The lowest BCUT2D eigenvalue weighted by Gasteiger charge is -2.34. The van der Waals surface area contributed by atoms with Gasteiger partial charge in [-0.15, -0.1) is 24.0 Å². The molecule has 0 radical (unpaired) electrons. The van der Waals surface area contributed by atoms with E-state index < -0.39 is 0 Å². The largest absolute Gasteiger partial charge is 0.356 e. The minimum Gasteiger partial charge on any atom is -0.356 e. The van der Waals surface area contributed by atoms with Crippen LogP contribution in [0.15, 0.2) is 59.9 Å². The maximum Gasteiger partial charge on any atom is 0.191 e. The van der Waals surface area contributed by atoms with Gasteiger partial charge in [-0.3, -0.25) is 4.99 Å². The molecule has 4 rings (SSSR count). The Balaban J connectivity index is 0.00000289. The minimum atomic E-state index is 0. The molecule has 0 spiro atoms. The summed E-state index contributed by atoms with van der Waals surface area (Å²) in [4.78, 5) is 13.8. The summed E-state index contributed by atoms with van der Waals surface area (Å²) in [6, 6.07) is 14.8. The van der Waals surface area contributed by atoms with E-state index in [2.05, 4.69) is 84.6 Å². The summed E-state index contributed by atoms with van der Waals surface area (Å²) < 4.78 is 2.31.